The summed E-state index contributed by atoms with van der Waals surface area (Å²) in [6.45, 7) is -1.72. The average molecular weight is 254 g/mol. The van der Waals surface area contributed by atoms with Gasteiger partial charge in [0, 0.05) is 10.3 Å². The molecule has 15 heavy (non-hydrogen) atoms. The van der Waals surface area contributed by atoms with Crippen molar-refractivity contribution in [2.75, 3.05) is 26.4 Å². The van der Waals surface area contributed by atoms with Gasteiger partial charge in [0.2, 0.25) is 0 Å². The first-order valence-corrected chi connectivity index (χ1v) is 4.98. The largest absolute Gasteiger partial charge is 0.462 e. The van der Waals surface area contributed by atoms with E-state index >= 15 is 0 Å². The van der Waals surface area contributed by atoms with Crippen molar-refractivity contribution in [3.8, 4) is 0 Å². The van der Waals surface area contributed by atoms with Crippen LogP contribution >= 0.6 is 25.3 Å². The third kappa shape index (κ3) is 5.43. The Morgan fingerprint density at radius 1 is 1.20 bits per heavy atom. The molecule has 5 nitrogen and oxygen atoms in total. The van der Waals surface area contributed by atoms with E-state index in [0.717, 1.165) is 6.08 Å². The van der Waals surface area contributed by atoms with Crippen LogP contribution in [0.3, 0.4) is 0 Å². The van der Waals surface area contributed by atoms with Crippen molar-refractivity contribution >= 4 is 31.2 Å². The molecule has 0 bridgehead atoms. The number of esters is 1. The van der Waals surface area contributed by atoms with Crippen molar-refractivity contribution in [2.45, 2.75) is 0 Å². The standard InChI is InChI=1S/C8H14O5S2/c9-2-8(3-10,4-11)5-13-6(12)1-7(14)15/h1,9-11,14-15H,2-5H2. The number of thiol groups is 2. The van der Waals surface area contributed by atoms with Gasteiger partial charge in [-0.05, 0) is 0 Å². The lowest BCUT2D eigenvalue weighted by molar-refractivity contribution is -0.145. The fourth-order valence-corrected chi connectivity index (χ4v) is 0.869. The van der Waals surface area contributed by atoms with E-state index < -0.39 is 31.2 Å². The second-order valence-corrected chi connectivity index (χ2v) is 4.40. The van der Waals surface area contributed by atoms with E-state index in [1.54, 1.807) is 0 Å². The molecule has 0 saturated heterocycles. The van der Waals surface area contributed by atoms with Crippen LogP contribution in [-0.4, -0.2) is 47.7 Å². The van der Waals surface area contributed by atoms with E-state index in [1.165, 1.54) is 0 Å². The number of carbonyl (C=O) groups is 1. The van der Waals surface area contributed by atoms with Gasteiger partial charge in [-0.1, -0.05) is 0 Å². The highest BCUT2D eigenvalue weighted by Gasteiger charge is 2.29. The van der Waals surface area contributed by atoms with Crippen molar-refractivity contribution in [1.82, 2.24) is 0 Å². The molecule has 3 N–H and O–H groups in total. The highest BCUT2D eigenvalue weighted by Crippen LogP contribution is 2.15. The number of rotatable bonds is 6. The fourth-order valence-electron chi connectivity index (χ4n) is 0.658. The van der Waals surface area contributed by atoms with E-state index in [-0.39, 0.29) is 10.8 Å². The summed E-state index contributed by atoms with van der Waals surface area (Å²) in [7, 11) is 0. The molecule has 0 heterocycles. The second-order valence-electron chi connectivity index (χ2n) is 3.08. The molecule has 0 aromatic carbocycles. The first-order valence-electron chi connectivity index (χ1n) is 4.08. The van der Waals surface area contributed by atoms with Gasteiger partial charge in [0.1, 0.15) is 6.61 Å². The van der Waals surface area contributed by atoms with Crippen LogP contribution in [0.25, 0.3) is 0 Å². The summed E-state index contributed by atoms with van der Waals surface area (Å²) < 4.78 is 4.88. The van der Waals surface area contributed by atoms with E-state index in [2.05, 4.69) is 25.3 Å². The van der Waals surface area contributed by atoms with Gasteiger partial charge >= 0.3 is 5.97 Å². The zero-order valence-corrected chi connectivity index (χ0v) is 9.75. The lowest BCUT2D eigenvalue weighted by Gasteiger charge is -2.26. The molecule has 0 aliphatic rings. The summed E-state index contributed by atoms with van der Waals surface area (Å²) in [6, 6.07) is 0. The summed E-state index contributed by atoms with van der Waals surface area (Å²) in [6.07, 6.45) is 1.03. The fraction of sp³-hybridized carbons (Fsp3) is 0.625. The average Bonchev–Trinajstić information content (AvgIpc) is 2.20. The maximum absolute atomic E-state index is 11.0. The topological polar surface area (TPSA) is 87.0 Å². The van der Waals surface area contributed by atoms with E-state index in [4.69, 9.17) is 20.1 Å². The minimum Gasteiger partial charge on any atom is -0.462 e. The van der Waals surface area contributed by atoms with Gasteiger partial charge < -0.3 is 20.1 Å². The van der Waals surface area contributed by atoms with E-state index in [1.807, 2.05) is 0 Å². The summed E-state index contributed by atoms with van der Waals surface area (Å²) in [4.78, 5) is 11.0. The Morgan fingerprint density at radius 3 is 2.00 bits per heavy atom. The molecule has 0 atom stereocenters. The number of ether oxygens (including phenoxy) is 1. The molecular weight excluding hydrogens is 240 g/mol. The molecule has 88 valence electrons. The molecular formula is C8H14O5S2. The van der Waals surface area contributed by atoms with Crippen LogP contribution in [0, 0.1) is 5.41 Å². The number of hydrogen-bond acceptors (Lipinski definition) is 7. The summed E-state index contributed by atoms with van der Waals surface area (Å²) >= 11 is 7.50. The number of aliphatic hydroxyl groups excluding tert-OH is 3. The van der Waals surface area contributed by atoms with Crippen LogP contribution in [0.5, 0.6) is 0 Å². The molecule has 0 aliphatic heterocycles. The minimum atomic E-state index is -1.21. The van der Waals surface area contributed by atoms with Crippen molar-refractivity contribution < 1.29 is 24.9 Å². The number of carbonyl (C=O) groups excluding carboxylic acids is 1. The summed E-state index contributed by atoms with van der Waals surface area (Å²) in [5.41, 5.74) is -1.21. The SMILES string of the molecule is O=C(C=C(S)S)OCC(CO)(CO)CO. The predicted octanol–water partition coefficient (Wildman–Crippen LogP) is -0.806. The summed E-state index contributed by atoms with van der Waals surface area (Å²) in [5.74, 6) is -0.699. The molecule has 0 aromatic rings. The Labute approximate surface area is 98.6 Å². The zero-order chi connectivity index (χ0) is 11.9. The minimum absolute atomic E-state index is 0.183. The van der Waals surface area contributed by atoms with Gasteiger partial charge in [0.25, 0.3) is 0 Å². The quantitative estimate of drug-likeness (QED) is 0.243. The normalized spacial score (nSPS) is 11.0. The number of hydrogen-bond donors (Lipinski definition) is 5. The highest BCUT2D eigenvalue weighted by atomic mass is 32.2. The second kappa shape index (κ2) is 7.13. The van der Waals surface area contributed by atoms with Crippen LogP contribution in [0.15, 0.2) is 10.3 Å². The van der Waals surface area contributed by atoms with E-state index in [9.17, 15) is 4.79 Å². The molecule has 0 rings (SSSR count). The Morgan fingerprint density at radius 2 is 1.67 bits per heavy atom. The van der Waals surface area contributed by atoms with Crippen molar-refractivity contribution in [3.05, 3.63) is 10.3 Å². The molecule has 0 unspecified atom stereocenters. The maximum atomic E-state index is 11.0. The third-order valence-electron chi connectivity index (χ3n) is 1.77. The van der Waals surface area contributed by atoms with Gasteiger partial charge in [-0.3, -0.25) is 0 Å². The first-order chi connectivity index (χ1) is 6.99. The molecule has 0 aliphatic carbocycles. The van der Waals surface area contributed by atoms with Gasteiger partial charge in [-0.15, -0.1) is 25.3 Å². The van der Waals surface area contributed by atoms with Gasteiger partial charge in [-0.2, -0.15) is 0 Å². The third-order valence-corrected chi connectivity index (χ3v) is 2.03. The molecule has 7 heteroatoms. The van der Waals surface area contributed by atoms with Crippen molar-refractivity contribution in [2.24, 2.45) is 5.41 Å². The van der Waals surface area contributed by atoms with Crippen LogP contribution in [0.1, 0.15) is 0 Å². The smallest absolute Gasteiger partial charge is 0.332 e. The number of aliphatic hydroxyl groups is 3. The van der Waals surface area contributed by atoms with Gasteiger partial charge in [-0.25, -0.2) is 4.79 Å². The van der Waals surface area contributed by atoms with Gasteiger partial charge in [0.15, 0.2) is 0 Å². The van der Waals surface area contributed by atoms with E-state index in [0.29, 0.717) is 0 Å². The monoisotopic (exact) mass is 254 g/mol. The van der Waals surface area contributed by atoms with Crippen molar-refractivity contribution in [1.29, 1.82) is 0 Å². The lowest BCUT2D eigenvalue weighted by Crippen LogP contribution is -2.39. The van der Waals surface area contributed by atoms with Crippen molar-refractivity contribution in [3.63, 3.8) is 0 Å². The van der Waals surface area contributed by atoms with Gasteiger partial charge in [0.05, 0.1) is 25.2 Å². The molecule has 0 saturated carbocycles. The molecule has 0 radical (unpaired) electrons. The summed E-state index contributed by atoms with van der Waals surface area (Å²) in [5, 5.41) is 26.7. The Hall–Kier alpha value is -0.210. The van der Waals surface area contributed by atoms with Crippen LogP contribution in [-0.2, 0) is 9.53 Å². The molecule has 0 amide bonds. The molecule has 0 spiro atoms. The lowest BCUT2D eigenvalue weighted by atomic mass is 9.93. The Kier molecular flexibility index (Phi) is 7.03. The predicted molar refractivity (Wildman–Crippen MR) is 60.7 cm³/mol. The van der Waals surface area contributed by atoms with Crippen LogP contribution in [0.2, 0.25) is 0 Å². The zero-order valence-electron chi connectivity index (χ0n) is 7.96. The maximum Gasteiger partial charge on any atom is 0.332 e. The highest BCUT2D eigenvalue weighted by molar-refractivity contribution is 8.05. The van der Waals surface area contributed by atoms with Crippen LogP contribution < -0.4 is 0 Å². The Balaban J connectivity index is 4.23. The Bertz CT molecular complexity index is 225. The molecule has 0 aromatic heterocycles. The van der Waals surface area contributed by atoms with Crippen LogP contribution in [0.4, 0.5) is 0 Å². The molecule has 0 fully saturated rings. The first kappa shape index (κ1) is 14.8.